The van der Waals surface area contributed by atoms with Crippen molar-refractivity contribution >= 4 is 5.97 Å². The largest absolute Gasteiger partial charge is 0.464 e. The van der Waals surface area contributed by atoms with Gasteiger partial charge in [0.2, 0.25) is 0 Å². The fourth-order valence-corrected chi connectivity index (χ4v) is 2.40. The maximum absolute atomic E-state index is 11.7. The Kier molecular flexibility index (Phi) is 4.14. The van der Waals surface area contributed by atoms with Gasteiger partial charge in [0.05, 0.1) is 6.61 Å². The first-order valence-corrected chi connectivity index (χ1v) is 5.94. The third-order valence-electron chi connectivity index (χ3n) is 3.31. The number of ether oxygens (including phenoxy) is 1. The molecule has 15 heavy (non-hydrogen) atoms. The fourth-order valence-electron chi connectivity index (χ4n) is 2.40. The molecule has 0 amide bonds. The molecule has 1 fully saturated rings. The van der Waals surface area contributed by atoms with E-state index < -0.39 is 11.6 Å². The van der Waals surface area contributed by atoms with Gasteiger partial charge in [0.1, 0.15) is 0 Å². The monoisotopic (exact) mass is 214 g/mol. The molecule has 1 aliphatic carbocycles. The lowest BCUT2D eigenvalue weighted by atomic mass is 9.65. The highest BCUT2D eigenvalue weighted by atomic mass is 16.5. The number of hydrogen-bond acceptors (Lipinski definition) is 3. The summed E-state index contributed by atoms with van der Waals surface area (Å²) in [6.07, 6.45) is 3.20. The molecule has 0 aliphatic heterocycles. The molecule has 0 saturated heterocycles. The minimum Gasteiger partial charge on any atom is -0.464 e. The molecule has 0 spiro atoms. The van der Waals surface area contributed by atoms with Crippen LogP contribution >= 0.6 is 0 Å². The first-order valence-electron chi connectivity index (χ1n) is 5.94. The summed E-state index contributed by atoms with van der Waals surface area (Å²) in [6.45, 7) is 6.24. The highest BCUT2D eigenvalue weighted by Crippen LogP contribution is 2.43. The zero-order valence-corrected chi connectivity index (χ0v) is 9.95. The summed E-state index contributed by atoms with van der Waals surface area (Å²) in [5.74, 6) is 0.308. The minimum absolute atomic E-state index is 0.103. The van der Waals surface area contributed by atoms with Gasteiger partial charge in [-0.25, -0.2) is 4.79 Å². The molecule has 0 heterocycles. The van der Waals surface area contributed by atoms with Crippen LogP contribution in [-0.2, 0) is 9.53 Å². The SMILES string of the molecule is CCCC(O)(C(=O)OCC)C1CC(C)C1. The molecule has 0 bridgehead atoms. The Morgan fingerprint density at radius 3 is 2.47 bits per heavy atom. The average molecular weight is 214 g/mol. The van der Waals surface area contributed by atoms with Crippen LogP contribution in [0.4, 0.5) is 0 Å². The van der Waals surface area contributed by atoms with E-state index in [9.17, 15) is 9.90 Å². The molecule has 88 valence electrons. The maximum atomic E-state index is 11.7. The highest BCUT2D eigenvalue weighted by Gasteiger charge is 2.48. The first kappa shape index (κ1) is 12.5. The van der Waals surface area contributed by atoms with Crippen LogP contribution in [0.25, 0.3) is 0 Å². The lowest BCUT2D eigenvalue weighted by Gasteiger charge is -2.43. The second-order valence-electron chi connectivity index (χ2n) is 4.67. The quantitative estimate of drug-likeness (QED) is 0.713. The topological polar surface area (TPSA) is 46.5 Å². The molecule has 0 aromatic rings. The van der Waals surface area contributed by atoms with Crippen molar-refractivity contribution in [2.75, 3.05) is 6.61 Å². The summed E-state index contributed by atoms with van der Waals surface area (Å²) in [5.41, 5.74) is -1.22. The molecule has 0 aromatic heterocycles. The summed E-state index contributed by atoms with van der Waals surface area (Å²) < 4.78 is 4.96. The Balaban J connectivity index is 2.64. The van der Waals surface area contributed by atoms with E-state index in [4.69, 9.17) is 4.74 Å². The second kappa shape index (κ2) is 4.97. The van der Waals surface area contributed by atoms with E-state index in [0.29, 0.717) is 18.9 Å². The number of aliphatic hydroxyl groups is 1. The van der Waals surface area contributed by atoms with Crippen molar-refractivity contribution in [3.63, 3.8) is 0 Å². The van der Waals surface area contributed by atoms with E-state index in [1.165, 1.54) is 0 Å². The number of rotatable bonds is 5. The van der Waals surface area contributed by atoms with Gasteiger partial charge < -0.3 is 9.84 Å². The summed E-state index contributed by atoms with van der Waals surface area (Å²) in [4.78, 5) is 11.7. The zero-order valence-electron chi connectivity index (χ0n) is 9.95. The Labute approximate surface area is 91.8 Å². The van der Waals surface area contributed by atoms with E-state index in [-0.39, 0.29) is 5.92 Å². The van der Waals surface area contributed by atoms with Crippen LogP contribution in [-0.4, -0.2) is 23.3 Å². The number of hydrogen-bond donors (Lipinski definition) is 1. The average Bonchev–Trinajstić information content (AvgIpc) is 2.13. The molecule has 1 aliphatic rings. The van der Waals surface area contributed by atoms with Crippen LogP contribution in [0, 0.1) is 11.8 Å². The Morgan fingerprint density at radius 2 is 2.07 bits per heavy atom. The van der Waals surface area contributed by atoms with Crippen molar-refractivity contribution in [3.05, 3.63) is 0 Å². The maximum Gasteiger partial charge on any atom is 0.338 e. The van der Waals surface area contributed by atoms with Crippen LogP contribution in [0.15, 0.2) is 0 Å². The van der Waals surface area contributed by atoms with Crippen LogP contribution in [0.3, 0.4) is 0 Å². The lowest BCUT2D eigenvalue weighted by molar-refractivity contribution is -0.179. The predicted octanol–water partition coefficient (Wildman–Crippen LogP) is 2.13. The van der Waals surface area contributed by atoms with Crippen molar-refractivity contribution in [1.29, 1.82) is 0 Å². The van der Waals surface area contributed by atoms with Gasteiger partial charge >= 0.3 is 5.97 Å². The smallest absolute Gasteiger partial charge is 0.338 e. The minimum atomic E-state index is -1.22. The fraction of sp³-hybridized carbons (Fsp3) is 0.917. The Hall–Kier alpha value is -0.570. The van der Waals surface area contributed by atoms with Crippen LogP contribution < -0.4 is 0 Å². The molecule has 3 heteroatoms. The van der Waals surface area contributed by atoms with Crippen molar-refractivity contribution in [3.8, 4) is 0 Å². The highest BCUT2D eigenvalue weighted by molar-refractivity contribution is 5.79. The molecule has 1 saturated carbocycles. The summed E-state index contributed by atoms with van der Waals surface area (Å²) in [5, 5.41) is 10.4. The number of esters is 1. The van der Waals surface area contributed by atoms with E-state index in [2.05, 4.69) is 6.92 Å². The predicted molar refractivity (Wildman–Crippen MR) is 58.4 cm³/mol. The zero-order chi connectivity index (χ0) is 11.5. The third-order valence-corrected chi connectivity index (χ3v) is 3.31. The summed E-state index contributed by atoms with van der Waals surface area (Å²) in [6, 6.07) is 0. The normalized spacial score (nSPS) is 29.1. The molecule has 0 aromatic carbocycles. The van der Waals surface area contributed by atoms with Gasteiger partial charge in [-0.3, -0.25) is 0 Å². The van der Waals surface area contributed by atoms with E-state index in [1.807, 2.05) is 6.92 Å². The molecular formula is C12H22O3. The van der Waals surface area contributed by atoms with E-state index in [0.717, 1.165) is 19.3 Å². The summed E-state index contributed by atoms with van der Waals surface area (Å²) in [7, 11) is 0. The van der Waals surface area contributed by atoms with E-state index in [1.54, 1.807) is 6.92 Å². The van der Waals surface area contributed by atoms with Crippen LogP contribution in [0.5, 0.6) is 0 Å². The van der Waals surface area contributed by atoms with Crippen molar-refractivity contribution in [2.24, 2.45) is 11.8 Å². The van der Waals surface area contributed by atoms with Crippen molar-refractivity contribution in [1.82, 2.24) is 0 Å². The Morgan fingerprint density at radius 1 is 1.47 bits per heavy atom. The summed E-state index contributed by atoms with van der Waals surface area (Å²) >= 11 is 0. The van der Waals surface area contributed by atoms with Gasteiger partial charge in [0, 0.05) is 0 Å². The molecular weight excluding hydrogens is 192 g/mol. The number of carbonyl (C=O) groups is 1. The molecule has 1 atom stereocenters. The van der Waals surface area contributed by atoms with Gasteiger partial charge in [-0.2, -0.15) is 0 Å². The number of carbonyl (C=O) groups excluding carboxylic acids is 1. The van der Waals surface area contributed by atoms with Gasteiger partial charge in [-0.1, -0.05) is 20.3 Å². The molecule has 1 rings (SSSR count). The lowest BCUT2D eigenvalue weighted by Crippen LogP contribution is -2.51. The molecule has 0 radical (unpaired) electrons. The van der Waals surface area contributed by atoms with Crippen LogP contribution in [0.2, 0.25) is 0 Å². The standard InChI is InChI=1S/C12H22O3/c1-4-6-12(14,11(13)15-5-2)10-7-9(3)8-10/h9-10,14H,4-8H2,1-3H3. The van der Waals surface area contributed by atoms with E-state index >= 15 is 0 Å². The van der Waals surface area contributed by atoms with Crippen LogP contribution in [0.1, 0.15) is 46.5 Å². The van der Waals surface area contributed by atoms with Crippen molar-refractivity contribution in [2.45, 2.75) is 52.1 Å². The third kappa shape index (κ3) is 2.51. The van der Waals surface area contributed by atoms with Crippen molar-refractivity contribution < 1.29 is 14.6 Å². The van der Waals surface area contributed by atoms with Gasteiger partial charge in [-0.05, 0) is 38.0 Å². The van der Waals surface area contributed by atoms with Gasteiger partial charge in [-0.15, -0.1) is 0 Å². The molecule has 1 N–H and O–H groups in total. The molecule has 3 nitrogen and oxygen atoms in total. The molecule has 1 unspecified atom stereocenters. The first-order chi connectivity index (χ1) is 7.04. The van der Waals surface area contributed by atoms with Gasteiger partial charge in [0.25, 0.3) is 0 Å². The Bertz CT molecular complexity index is 221. The second-order valence-corrected chi connectivity index (χ2v) is 4.67. The van der Waals surface area contributed by atoms with Gasteiger partial charge in [0.15, 0.2) is 5.60 Å².